The van der Waals surface area contributed by atoms with Crippen molar-refractivity contribution in [3.63, 3.8) is 0 Å². The Kier molecular flexibility index (Phi) is 6.28. The van der Waals surface area contributed by atoms with Crippen LogP contribution in [0.15, 0.2) is 65.5 Å². The second-order valence-corrected chi connectivity index (χ2v) is 8.01. The Hall–Kier alpha value is -3.58. The van der Waals surface area contributed by atoms with Gasteiger partial charge in [-0.05, 0) is 37.5 Å². The molecule has 0 bridgehead atoms. The minimum atomic E-state index is -0.567. The average Bonchev–Trinajstić information content (AvgIpc) is 2.76. The third-order valence-corrected chi connectivity index (χ3v) is 5.60. The molecule has 1 unspecified atom stereocenters. The Morgan fingerprint density at radius 2 is 1.97 bits per heavy atom. The second-order valence-electron chi connectivity index (χ2n) is 8.01. The van der Waals surface area contributed by atoms with Crippen LogP contribution >= 0.6 is 0 Å². The molecule has 0 spiro atoms. The van der Waals surface area contributed by atoms with Gasteiger partial charge in [-0.3, -0.25) is 19.0 Å². The molecule has 0 aliphatic heterocycles. The first-order valence-electron chi connectivity index (χ1n) is 10.6. The SMILES string of the molecule is C=C1CCC(n2c(C)nc3cccc(NC(=O)COCc4ccccc4)c3c2=O)C(=O)C1. The number of anilines is 1. The first-order valence-corrected chi connectivity index (χ1v) is 10.6. The van der Waals surface area contributed by atoms with Crippen molar-refractivity contribution in [3.05, 3.63) is 82.4 Å². The van der Waals surface area contributed by atoms with Crippen LogP contribution in [0.1, 0.15) is 36.7 Å². The molecule has 1 heterocycles. The van der Waals surface area contributed by atoms with Gasteiger partial charge >= 0.3 is 0 Å². The molecule has 2 aromatic carbocycles. The predicted molar refractivity (Wildman–Crippen MR) is 123 cm³/mol. The van der Waals surface area contributed by atoms with Crippen LogP contribution in [-0.2, 0) is 20.9 Å². The van der Waals surface area contributed by atoms with E-state index in [9.17, 15) is 14.4 Å². The number of Topliss-reactive ketones (excluding diaryl/α,β-unsaturated/α-hetero) is 1. The van der Waals surface area contributed by atoms with Gasteiger partial charge in [0, 0.05) is 6.42 Å². The Labute approximate surface area is 185 Å². The number of aryl methyl sites for hydroxylation is 1. The van der Waals surface area contributed by atoms with Crippen molar-refractivity contribution >= 4 is 28.3 Å². The Bertz CT molecular complexity index is 1250. The summed E-state index contributed by atoms with van der Waals surface area (Å²) < 4.78 is 6.95. The van der Waals surface area contributed by atoms with Gasteiger partial charge in [-0.2, -0.15) is 0 Å². The summed E-state index contributed by atoms with van der Waals surface area (Å²) in [7, 11) is 0. The van der Waals surface area contributed by atoms with Gasteiger partial charge in [0.1, 0.15) is 12.4 Å². The fourth-order valence-electron chi connectivity index (χ4n) is 4.07. The zero-order chi connectivity index (χ0) is 22.7. The summed E-state index contributed by atoms with van der Waals surface area (Å²) >= 11 is 0. The number of benzene rings is 2. The van der Waals surface area contributed by atoms with E-state index in [-0.39, 0.29) is 35.7 Å². The van der Waals surface area contributed by atoms with Gasteiger partial charge in [-0.25, -0.2) is 4.98 Å². The van der Waals surface area contributed by atoms with E-state index in [4.69, 9.17) is 4.74 Å². The van der Waals surface area contributed by atoms with Crippen molar-refractivity contribution in [3.8, 4) is 0 Å². The standard InChI is InChI=1S/C25H25N3O4/c1-16-11-12-21(22(29)13-16)28-17(2)26-19-9-6-10-20(24(19)25(28)31)27-23(30)15-32-14-18-7-4-3-5-8-18/h3-10,21H,1,11-15H2,2H3,(H,27,30). The average molecular weight is 431 g/mol. The summed E-state index contributed by atoms with van der Waals surface area (Å²) in [6, 6.07) is 14.1. The van der Waals surface area contributed by atoms with Crippen molar-refractivity contribution in [2.24, 2.45) is 0 Å². The van der Waals surface area contributed by atoms with Gasteiger partial charge < -0.3 is 10.1 Å². The van der Waals surface area contributed by atoms with Crippen molar-refractivity contribution in [2.75, 3.05) is 11.9 Å². The molecule has 1 amide bonds. The molecule has 0 radical (unpaired) electrons. The number of ether oxygens (including phenoxy) is 1. The van der Waals surface area contributed by atoms with E-state index in [1.165, 1.54) is 4.57 Å². The van der Waals surface area contributed by atoms with Crippen molar-refractivity contribution in [2.45, 2.75) is 38.8 Å². The number of amides is 1. The number of rotatable bonds is 6. The molecule has 1 aliphatic carbocycles. The summed E-state index contributed by atoms with van der Waals surface area (Å²) in [6.07, 6.45) is 1.48. The zero-order valence-electron chi connectivity index (χ0n) is 18.0. The third kappa shape index (κ3) is 4.53. The third-order valence-electron chi connectivity index (χ3n) is 5.60. The molecule has 1 atom stereocenters. The van der Waals surface area contributed by atoms with E-state index >= 15 is 0 Å². The molecular formula is C25H25N3O4. The number of carbonyl (C=O) groups excluding carboxylic acids is 2. The Balaban J connectivity index is 1.58. The first-order chi connectivity index (χ1) is 15.4. The van der Waals surface area contributed by atoms with Gasteiger partial charge in [-0.1, -0.05) is 48.6 Å². The summed E-state index contributed by atoms with van der Waals surface area (Å²) in [4.78, 5) is 43.1. The zero-order valence-corrected chi connectivity index (χ0v) is 18.0. The second kappa shape index (κ2) is 9.28. The molecule has 7 heteroatoms. The van der Waals surface area contributed by atoms with E-state index < -0.39 is 6.04 Å². The summed E-state index contributed by atoms with van der Waals surface area (Å²) in [6.45, 7) is 5.78. The predicted octanol–water partition coefficient (Wildman–Crippen LogP) is 3.71. The van der Waals surface area contributed by atoms with Gasteiger partial charge in [0.15, 0.2) is 5.78 Å². The van der Waals surface area contributed by atoms with Gasteiger partial charge in [0.2, 0.25) is 5.91 Å². The van der Waals surface area contributed by atoms with Gasteiger partial charge in [0.05, 0.1) is 29.2 Å². The molecule has 32 heavy (non-hydrogen) atoms. The fourth-order valence-corrected chi connectivity index (χ4v) is 4.07. The van der Waals surface area contributed by atoms with E-state index in [0.717, 1.165) is 11.1 Å². The highest BCUT2D eigenvalue weighted by molar-refractivity contribution is 6.01. The molecule has 7 nitrogen and oxygen atoms in total. The number of fused-ring (bicyclic) bond motifs is 1. The summed E-state index contributed by atoms with van der Waals surface area (Å²) in [5.41, 5.74) is 2.34. The lowest BCUT2D eigenvalue weighted by atomic mass is 9.90. The minimum Gasteiger partial charge on any atom is -0.367 e. The lowest BCUT2D eigenvalue weighted by Crippen LogP contribution is -2.35. The van der Waals surface area contributed by atoms with Gasteiger partial charge in [-0.15, -0.1) is 0 Å². The smallest absolute Gasteiger partial charge is 0.264 e. The largest absolute Gasteiger partial charge is 0.367 e. The molecule has 1 aliphatic rings. The lowest BCUT2D eigenvalue weighted by Gasteiger charge is -2.26. The number of allylic oxidation sites excluding steroid dienone is 1. The van der Waals surface area contributed by atoms with E-state index in [1.807, 2.05) is 30.3 Å². The van der Waals surface area contributed by atoms with E-state index in [1.54, 1.807) is 25.1 Å². The molecule has 1 saturated carbocycles. The first kappa shape index (κ1) is 21.6. The number of ketones is 1. The van der Waals surface area contributed by atoms with Crippen LogP contribution in [0, 0.1) is 6.92 Å². The molecular weight excluding hydrogens is 406 g/mol. The topological polar surface area (TPSA) is 90.3 Å². The maximum atomic E-state index is 13.4. The number of nitrogens with one attached hydrogen (secondary N) is 1. The number of aromatic nitrogens is 2. The molecule has 3 aromatic rings. The molecule has 0 saturated heterocycles. The van der Waals surface area contributed by atoms with Crippen LogP contribution in [0.2, 0.25) is 0 Å². The Morgan fingerprint density at radius 1 is 1.19 bits per heavy atom. The van der Waals surface area contributed by atoms with Crippen LogP contribution in [-0.4, -0.2) is 27.8 Å². The van der Waals surface area contributed by atoms with Crippen molar-refractivity contribution < 1.29 is 14.3 Å². The highest BCUT2D eigenvalue weighted by Gasteiger charge is 2.29. The highest BCUT2D eigenvalue weighted by atomic mass is 16.5. The maximum Gasteiger partial charge on any atom is 0.264 e. The van der Waals surface area contributed by atoms with Crippen LogP contribution < -0.4 is 10.9 Å². The number of carbonyl (C=O) groups is 2. The highest BCUT2D eigenvalue weighted by Crippen LogP contribution is 2.29. The fraction of sp³-hybridized carbons (Fsp3) is 0.280. The van der Waals surface area contributed by atoms with Crippen LogP contribution in [0.4, 0.5) is 5.69 Å². The van der Waals surface area contributed by atoms with Gasteiger partial charge in [0.25, 0.3) is 5.56 Å². The number of hydrogen-bond donors (Lipinski definition) is 1. The monoisotopic (exact) mass is 431 g/mol. The summed E-state index contributed by atoms with van der Waals surface area (Å²) in [5, 5.41) is 3.05. The van der Waals surface area contributed by atoms with Crippen LogP contribution in [0.5, 0.6) is 0 Å². The number of hydrogen-bond acceptors (Lipinski definition) is 5. The van der Waals surface area contributed by atoms with Crippen molar-refractivity contribution in [1.29, 1.82) is 0 Å². The molecule has 1 N–H and O–H groups in total. The Morgan fingerprint density at radius 3 is 2.72 bits per heavy atom. The molecule has 164 valence electrons. The summed E-state index contributed by atoms with van der Waals surface area (Å²) in [5.74, 6) is 0.0662. The minimum absolute atomic E-state index is 0.0385. The lowest BCUT2D eigenvalue weighted by molar-refractivity contribution is -0.123. The van der Waals surface area contributed by atoms with E-state index in [0.29, 0.717) is 36.5 Å². The van der Waals surface area contributed by atoms with Crippen molar-refractivity contribution in [1.82, 2.24) is 9.55 Å². The normalized spacial score (nSPS) is 16.3. The number of nitrogens with zero attached hydrogens (tertiary/aromatic N) is 2. The molecule has 1 aromatic heterocycles. The maximum absolute atomic E-state index is 13.4. The van der Waals surface area contributed by atoms with Crippen LogP contribution in [0.3, 0.4) is 0 Å². The molecule has 1 fully saturated rings. The quantitative estimate of drug-likeness (QED) is 0.601. The van der Waals surface area contributed by atoms with E-state index in [2.05, 4.69) is 16.9 Å². The van der Waals surface area contributed by atoms with Crippen LogP contribution in [0.25, 0.3) is 10.9 Å². The molecule has 4 rings (SSSR count).